The fourth-order valence-corrected chi connectivity index (χ4v) is 4.33. The van der Waals surface area contributed by atoms with Crippen LogP contribution < -0.4 is 16.4 Å². The Kier molecular flexibility index (Phi) is 10.0. The van der Waals surface area contributed by atoms with E-state index in [2.05, 4.69) is 10.6 Å². The molecule has 0 fully saturated rings. The highest BCUT2D eigenvalue weighted by Gasteiger charge is 2.36. The molecule has 2 aromatic carbocycles. The summed E-state index contributed by atoms with van der Waals surface area (Å²) in [6.45, 7) is 12.7. The lowest BCUT2D eigenvalue weighted by molar-refractivity contribution is -0.139. The third-order valence-electron chi connectivity index (χ3n) is 6.20. The SMILES string of the molecule is Cc1cccc(C)c1NC(=O)C(c1c(C)cccc1C)N(C)C(=O)C(CCC(N)=O)NC(=O)OC(C)(C)C. The third-order valence-corrected chi connectivity index (χ3v) is 6.20. The van der Waals surface area contributed by atoms with Crippen molar-refractivity contribution in [2.45, 2.75) is 79.0 Å². The van der Waals surface area contributed by atoms with E-state index in [0.29, 0.717) is 11.3 Å². The summed E-state index contributed by atoms with van der Waals surface area (Å²) in [6, 6.07) is 9.20. The second-order valence-corrected chi connectivity index (χ2v) is 10.6. The summed E-state index contributed by atoms with van der Waals surface area (Å²) in [5.74, 6) is -1.57. The van der Waals surface area contributed by atoms with Crippen LogP contribution >= 0.6 is 0 Å². The van der Waals surface area contributed by atoms with E-state index >= 15 is 0 Å². The highest BCUT2D eigenvalue weighted by molar-refractivity contribution is 6.00. The zero-order valence-corrected chi connectivity index (χ0v) is 23.6. The summed E-state index contributed by atoms with van der Waals surface area (Å²) in [5, 5.41) is 5.57. The molecule has 2 atom stereocenters. The summed E-state index contributed by atoms with van der Waals surface area (Å²) in [7, 11) is 1.51. The molecule has 0 aliphatic rings. The fraction of sp³-hybridized carbons (Fsp3) is 0.448. The first-order valence-electron chi connectivity index (χ1n) is 12.6. The van der Waals surface area contributed by atoms with Gasteiger partial charge in [0.25, 0.3) is 5.91 Å². The number of nitrogens with zero attached hydrogens (tertiary/aromatic N) is 1. The van der Waals surface area contributed by atoms with E-state index in [1.165, 1.54) is 11.9 Å². The van der Waals surface area contributed by atoms with Gasteiger partial charge in [-0.3, -0.25) is 14.4 Å². The molecular weight excluding hydrogens is 484 g/mol. The lowest BCUT2D eigenvalue weighted by Crippen LogP contribution is -2.51. The Labute approximate surface area is 225 Å². The number of nitrogens with one attached hydrogen (secondary N) is 2. The molecule has 0 aliphatic heterocycles. The van der Waals surface area contributed by atoms with Gasteiger partial charge in [0.05, 0.1) is 0 Å². The van der Waals surface area contributed by atoms with Crippen molar-refractivity contribution in [1.82, 2.24) is 10.2 Å². The van der Waals surface area contributed by atoms with Crippen LogP contribution in [0.4, 0.5) is 10.5 Å². The molecule has 4 amide bonds. The Morgan fingerprint density at radius 1 is 0.921 bits per heavy atom. The molecule has 0 saturated heterocycles. The molecular formula is C29H40N4O5. The minimum Gasteiger partial charge on any atom is -0.444 e. The third kappa shape index (κ3) is 8.06. The van der Waals surface area contributed by atoms with Gasteiger partial charge in [0, 0.05) is 19.2 Å². The summed E-state index contributed by atoms with van der Waals surface area (Å²) < 4.78 is 5.32. The molecule has 2 unspecified atom stereocenters. The van der Waals surface area contributed by atoms with Crippen LogP contribution in [0.25, 0.3) is 0 Å². The molecule has 38 heavy (non-hydrogen) atoms. The van der Waals surface area contributed by atoms with Gasteiger partial charge in [-0.15, -0.1) is 0 Å². The van der Waals surface area contributed by atoms with E-state index in [-0.39, 0.29) is 12.8 Å². The molecule has 2 rings (SSSR count). The largest absolute Gasteiger partial charge is 0.444 e. The Bertz CT molecular complexity index is 1160. The Morgan fingerprint density at radius 3 is 1.89 bits per heavy atom. The maximum absolute atomic E-state index is 13.9. The summed E-state index contributed by atoms with van der Waals surface area (Å²) in [4.78, 5) is 53.0. The van der Waals surface area contributed by atoms with Gasteiger partial charge in [-0.05, 0) is 82.7 Å². The first-order chi connectivity index (χ1) is 17.6. The number of para-hydroxylation sites is 1. The Balaban J connectivity index is 2.51. The van der Waals surface area contributed by atoms with Crippen LogP contribution in [-0.4, -0.2) is 47.4 Å². The Hall–Kier alpha value is -3.88. The van der Waals surface area contributed by atoms with E-state index in [1.54, 1.807) is 20.8 Å². The minimum absolute atomic E-state index is 0.0459. The number of likely N-dealkylation sites (N-methyl/N-ethyl adjacent to an activating group) is 1. The van der Waals surface area contributed by atoms with E-state index < -0.39 is 41.5 Å². The summed E-state index contributed by atoms with van der Waals surface area (Å²) in [6.07, 6.45) is -0.990. The molecule has 0 spiro atoms. The average molecular weight is 525 g/mol. The first-order valence-corrected chi connectivity index (χ1v) is 12.6. The molecule has 0 aliphatic carbocycles. The smallest absolute Gasteiger partial charge is 0.408 e. The number of carbonyl (C=O) groups is 4. The van der Waals surface area contributed by atoms with Gasteiger partial charge in [-0.2, -0.15) is 0 Å². The molecule has 9 nitrogen and oxygen atoms in total. The van der Waals surface area contributed by atoms with E-state index in [9.17, 15) is 19.2 Å². The number of aryl methyl sites for hydroxylation is 4. The van der Waals surface area contributed by atoms with Crippen LogP contribution in [0.1, 0.15) is 67.5 Å². The molecule has 0 aromatic heterocycles. The summed E-state index contributed by atoms with van der Waals surface area (Å²) in [5.41, 5.74) is 9.33. The van der Waals surface area contributed by atoms with Crippen molar-refractivity contribution in [2.24, 2.45) is 5.73 Å². The van der Waals surface area contributed by atoms with Crippen LogP contribution in [0.5, 0.6) is 0 Å². The van der Waals surface area contributed by atoms with Crippen molar-refractivity contribution in [3.63, 3.8) is 0 Å². The number of hydrogen-bond acceptors (Lipinski definition) is 5. The predicted molar refractivity (Wildman–Crippen MR) is 148 cm³/mol. The van der Waals surface area contributed by atoms with Crippen LogP contribution in [0, 0.1) is 27.7 Å². The van der Waals surface area contributed by atoms with Crippen LogP contribution in [0.15, 0.2) is 36.4 Å². The number of benzene rings is 2. The molecule has 0 heterocycles. The van der Waals surface area contributed by atoms with Crippen LogP contribution in [0.3, 0.4) is 0 Å². The zero-order valence-electron chi connectivity index (χ0n) is 23.6. The number of ether oxygens (including phenoxy) is 1. The molecule has 0 saturated carbocycles. The van der Waals surface area contributed by atoms with Crippen molar-refractivity contribution < 1.29 is 23.9 Å². The number of carbonyl (C=O) groups excluding carboxylic acids is 4. The first kappa shape index (κ1) is 30.3. The number of anilines is 1. The molecule has 0 bridgehead atoms. The topological polar surface area (TPSA) is 131 Å². The molecule has 206 valence electrons. The predicted octanol–water partition coefficient (Wildman–Crippen LogP) is 4.22. The summed E-state index contributed by atoms with van der Waals surface area (Å²) >= 11 is 0. The van der Waals surface area contributed by atoms with Crippen molar-refractivity contribution in [2.75, 3.05) is 12.4 Å². The van der Waals surface area contributed by atoms with Gasteiger partial charge in [-0.25, -0.2) is 4.79 Å². The Morgan fingerprint density at radius 2 is 1.42 bits per heavy atom. The van der Waals surface area contributed by atoms with E-state index in [1.807, 2.05) is 64.1 Å². The standard InChI is InChI=1S/C29H40N4O5/c1-17-11-9-12-18(2)23(17)25(26(35)32-24-19(3)13-10-14-20(24)4)33(8)27(36)21(15-16-22(30)34)31-28(37)38-29(5,6)7/h9-14,21,25H,15-16H2,1-8H3,(H2,30,34)(H,31,37)(H,32,35). The van der Waals surface area contributed by atoms with E-state index in [4.69, 9.17) is 10.5 Å². The van der Waals surface area contributed by atoms with Crippen LogP contribution in [-0.2, 0) is 19.1 Å². The fourth-order valence-electron chi connectivity index (χ4n) is 4.33. The monoisotopic (exact) mass is 524 g/mol. The van der Waals surface area contributed by atoms with Crippen molar-refractivity contribution in [3.05, 3.63) is 64.2 Å². The second-order valence-electron chi connectivity index (χ2n) is 10.6. The number of nitrogens with two attached hydrogens (primary N) is 1. The zero-order chi connectivity index (χ0) is 28.8. The van der Waals surface area contributed by atoms with Gasteiger partial charge in [0.2, 0.25) is 11.8 Å². The number of alkyl carbamates (subject to hydrolysis) is 1. The van der Waals surface area contributed by atoms with Gasteiger partial charge in [0.1, 0.15) is 17.7 Å². The molecule has 0 radical (unpaired) electrons. The van der Waals surface area contributed by atoms with Gasteiger partial charge in [-0.1, -0.05) is 36.4 Å². The number of primary amides is 1. The minimum atomic E-state index is -1.14. The normalized spacial score (nSPS) is 12.7. The van der Waals surface area contributed by atoms with Gasteiger partial charge < -0.3 is 26.0 Å². The van der Waals surface area contributed by atoms with Crippen LogP contribution in [0.2, 0.25) is 0 Å². The van der Waals surface area contributed by atoms with Gasteiger partial charge in [0.15, 0.2) is 0 Å². The highest BCUT2D eigenvalue weighted by atomic mass is 16.6. The van der Waals surface area contributed by atoms with Crippen molar-refractivity contribution in [1.29, 1.82) is 0 Å². The number of hydrogen-bond donors (Lipinski definition) is 3. The maximum Gasteiger partial charge on any atom is 0.408 e. The number of rotatable bonds is 9. The molecule has 4 N–H and O–H groups in total. The number of amides is 4. The quantitative estimate of drug-likeness (QED) is 0.452. The molecule has 2 aromatic rings. The lowest BCUT2D eigenvalue weighted by atomic mass is 9.93. The maximum atomic E-state index is 13.9. The van der Waals surface area contributed by atoms with Crippen molar-refractivity contribution >= 4 is 29.5 Å². The molecule has 9 heteroatoms. The van der Waals surface area contributed by atoms with Gasteiger partial charge >= 0.3 is 6.09 Å². The highest BCUT2D eigenvalue weighted by Crippen LogP contribution is 2.30. The van der Waals surface area contributed by atoms with E-state index in [0.717, 1.165) is 22.3 Å². The van der Waals surface area contributed by atoms with Crippen molar-refractivity contribution in [3.8, 4) is 0 Å². The average Bonchev–Trinajstić information content (AvgIpc) is 2.79. The lowest BCUT2D eigenvalue weighted by Gasteiger charge is -2.33. The second kappa shape index (κ2) is 12.6.